The molecular formula is C21H22N2O5. The van der Waals surface area contributed by atoms with E-state index in [4.69, 9.17) is 15.2 Å². The molecule has 28 heavy (non-hydrogen) atoms. The summed E-state index contributed by atoms with van der Waals surface area (Å²) in [4.78, 5) is 38.0. The van der Waals surface area contributed by atoms with Gasteiger partial charge in [0.2, 0.25) is 0 Å². The van der Waals surface area contributed by atoms with Crippen molar-refractivity contribution in [1.82, 2.24) is 0 Å². The smallest absolute Gasteiger partial charge is 0.344 e. The predicted molar refractivity (Wildman–Crippen MR) is 103 cm³/mol. The van der Waals surface area contributed by atoms with Crippen LogP contribution in [0.1, 0.15) is 29.8 Å². The third kappa shape index (κ3) is 3.98. The van der Waals surface area contributed by atoms with E-state index in [0.717, 1.165) is 17.7 Å². The van der Waals surface area contributed by atoms with Crippen molar-refractivity contribution in [2.45, 2.75) is 32.4 Å². The molecule has 2 aromatic rings. The van der Waals surface area contributed by atoms with Crippen LogP contribution in [0.25, 0.3) is 0 Å². The predicted octanol–water partition coefficient (Wildman–Crippen LogP) is 2.07. The van der Waals surface area contributed by atoms with E-state index in [1.54, 1.807) is 17.0 Å². The zero-order valence-corrected chi connectivity index (χ0v) is 15.8. The first kappa shape index (κ1) is 19.4. The SMILES string of the molecule is C[C@H](OC(=O)COc1ccccc1C(N)=O)C(=O)N1c2ccccc2C[C@@H]1C. The molecule has 1 heterocycles. The van der Waals surface area contributed by atoms with Crippen molar-refractivity contribution in [1.29, 1.82) is 0 Å². The maximum Gasteiger partial charge on any atom is 0.344 e. The molecule has 2 amide bonds. The maximum absolute atomic E-state index is 12.8. The number of carbonyl (C=O) groups excluding carboxylic acids is 3. The molecule has 146 valence electrons. The van der Waals surface area contributed by atoms with Gasteiger partial charge < -0.3 is 20.1 Å². The fourth-order valence-electron chi connectivity index (χ4n) is 3.31. The van der Waals surface area contributed by atoms with E-state index < -0.39 is 24.6 Å². The fourth-order valence-corrected chi connectivity index (χ4v) is 3.31. The van der Waals surface area contributed by atoms with E-state index in [-0.39, 0.29) is 23.3 Å². The number of fused-ring (bicyclic) bond motifs is 1. The Labute approximate surface area is 163 Å². The summed E-state index contributed by atoms with van der Waals surface area (Å²) in [5.41, 5.74) is 7.38. The van der Waals surface area contributed by atoms with Crippen LogP contribution < -0.4 is 15.4 Å². The van der Waals surface area contributed by atoms with Gasteiger partial charge in [-0.25, -0.2) is 4.79 Å². The van der Waals surface area contributed by atoms with E-state index in [2.05, 4.69) is 0 Å². The maximum atomic E-state index is 12.8. The molecule has 7 heteroatoms. The number of ether oxygens (including phenoxy) is 2. The Bertz CT molecular complexity index is 911. The number of para-hydroxylation sites is 2. The number of hydrogen-bond donors (Lipinski definition) is 1. The van der Waals surface area contributed by atoms with Gasteiger partial charge in [0.15, 0.2) is 12.7 Å². The topological polar surface area (TPSA) is 98.9 Å². The summed E-state index contributed by atoms with van der Waals surface area (Å²) < 4.78 is 10.6. The molecule has 0 bridgehead atoms. The Morgan fingerprint density at radius 1 is 1.14 bits per heavy atom. The Balaban J connectivity index is 1.60. The number of nitrogens with zero attached hydrogens (tertiary/aromatic N) is 1. The van der Waals surface area contributed by atoms with Crippen LogP contribution in [0.5, 0.6) is 5.75 Å². The van der Waals surface area contributed by atoms with Crippen LogP contribution in [0, 0.1) is 0 Å². The van der Waals surface area contributed by atoms with Gasteiger partial charge in [-0.2, -0.15) is 0 Å². The molecule has 0 aromatic heterocycles. The second-order valence-electron chi connectivity index (χ2n) is 6.67. The molecule has 0 aliphatic carbocycles. The van der Waals surface area contributed by atoms with Gasteiger partial charge in [-0.15, -0.1) is 0 Å². The molecule has 0 spiro atoms. The molecule has 0 saturated carbocycles. The quantitative estimate of drug-likeness (QED) is 0.771. The van der Waals surface area contributed by atoms with Crippen molar-refractivity contribution in [3.8, 4) is 5.75 Å². The molecule has 1 aliphatic heterocycles. The summed E-state index contributed by atoms with van der Waals surface area (Å²) in [5.74, 6) is -1.47. The number of carbonyl (C=O) groups is 3. The van der Waals surface area contributed by atoms with Crippen LogP contribution in [0.2, 0.25) is 0 Å². The lowest BCUT2D eigenvalue weighted by atomic mass is 10.1. The summed E-state index contributed by atoms with van der Waals surface area (Å²) in [6, 6.07) is 14.0. The number of esters is 1. The van der Waals surface area contributed by atoms with Crippen LogP contribution in [-0.4, -0.2) is 36.5 Å². The first-order valence-corrected chi connectivity index (χ1v) is 9.00. The number of benzene rings is 2. The van der Waals surface area contributed by atoms with Gasteiger partial charge in [0, 0.05) is 11.7 Å². The first-order chi connectivity index (χ1) is 13.4. The number of nitrogens with two attached hydrogens (primary N) is 1. The number of anilines is 1. The number of hydrogen-bond acceptors (Lipinski definition) is 5. The number of primary amides is 1. The molecule has 0 radical (unpaired) electrons. The molecular weight excluding hydrogens is 360 g/mol. The second-order valence-corrected chi connectivity index (χ2v) is 6.67. The van der Waals surface area contributed by atoms with Gasteiger partial charge in [0.1, 0.15) is 5.75 Å². The van der Waals surface area contributed by atoms with Crippen LogP contribution in [0.15, 0.2) is 48.5 Å². The Kier molecular flexibility index (Phi) is 5.63. The summed E-state index contributed by atoms with van der Waals surface area (Å²) >= 11 is 0. The molecule has 2 aromatic carbocycles. The van der Waals surface area contributed by atoms with Gasteiger partial charge in [-0.3, -0.25) is 9.59 Å². The minimum Gasteiger partial charge on any atom is -0.481 e. The van der Waals surface area contributed by atoms with Gasteiger partial charge in [-0.1, -0.05) is 30.3 Å². The molecule has 0 saturated heterocycles. The Morgan fingerprint density at radius 3 is 2.57 bits per heavy atom. The highest BCUT2D eigenvalue weighted by molar-refractivity contribution is 5.99. The normalized spacial score (nSPS) is 16.2. The van der Waals surface area contributed by atoms with Gasteiger partial charge >= 0.3 is 5.97 Å². The van der Waals surface area contributed by atoms with Crippen molar-refractivity contribution >= 4 is 23.5 Å². The minimum atomic E-state index is -0.962. The summed E-state index contributed by atoms with van der Waals surface area (Å²) in [6.45, 7) is 3.05. The fraction of sp³-hybridized carbons (Fsp3) is 0.286. The molecule has 7 nitrogen and oxygen atoms in total. The van der Waals surface area contributed by atoms with Crippen molar-refractivity contribution < 1.29 is 23.9 Å². The summed E-state index contributed by atoms with van der Waals surface area (Å²) in [7, 11) is 0. The number of rotatable bonds is 6. The second kappa shape index (κ2) is 8.12. The Morgan fingerprint density at radius 2 is 1.82 bits per heavy atom. The van der Waals surface area contributed by atoms with Gasteiger partial charge in [0.25, 0.3) is 11.8 Å². The van der Waals surface area contributed by atoms with Crippen molar-refractivity contribution in [3.63, 3.8) is 0 Å². The van der Waals surface area contributed by atoms with E-state index in [1.807, 2.05) is 31.2 Å². The third-order valence-electron chi connectivity index (χ3n) is 4.60. The lowest BCUT2D eigenvalue weighted by Crippen LogP contribution is -2.43. The highest BCUT2D eigenvalue weighted by Crippen LogP contribution is 2.32. The lowest BCUT2D eigenvalue weighted by molar-refractivity contribution is -0.155. The van der Waals surface area contributed by atoms with E-state index >= 15 is 0 Å². The van der Waals surface area contributed by atoms with E-state index in [1.165, 1.54) is 19.1 Å². The summed E-state index contributed by atoms with van der Waals surface area (Å²) in [6.07, 6.45) is -0.202. The van der Waals surface area contributed by atoms with E-state index in [0.29, 0.717) is 0 Å². The van der Waals surface area contributed by atoms with Crippen molar-refractivity contribution in [2.24, 2.45) is 5.73 Å². The first-order valence-electron chi connectivity index (χ1n) is 9.00. The molecule has 2 N–H and O–H groups in total. The summed E-state index contributed by atoms with van der Waals surface area (Å²) in [5, 5.41) is 0. The van der Waals surface area contributed by atoms with Gasteiger partial charge in [-0.05, 0) is 44.0 Å². The molecule has 2 atom stereocenters. The number of amides is 2. The van der Waals surface area contributed by atoms with Gasteiger partial charge in [0.05, 0.1) is 5.56 Å². The largest absolute Gasteiger partial charge is 0.481 e. The molecule has 1 aliphatic rings. The Hall–Kier alpha value is -3.35. The molecule has 0 unspecified atom stereocenters. The van der Waals surface area contributed by atoms with Crippen LogP contribution in [-0.2, 0) is 20.7 Å². The highest BCUT2D eigenvalue weighted by Gasteiger charge is 2.34. The molecule has 3 rings (SSSR count). The zero-order valence-electron chi connectivity index (χ0n) is 15.8. The standard InChI is InChI=1S/C21H22N2O5/c1-13-11-15-7-3-5-9-17(15)23(13)21(26)14(2)28-19(24)12-27-18-10-6-4-8-16(18)20(22)25/h3-10,13-14H,11-12H2,1-2H3,(H2,22,25)/t13-,14-/m0/s1. The average molecular weight is 382 g/mol. The van der Waals surface area contributed by atoms with Crippen LogP contribution in [0.3, 0.4) is 0 Å². The lowest BCUT2D eigenvalue weighted by Gasteiger charge is -2.25. The van der Waals surface area contributed by atoms with E-state index in [9.17, 15) is 14.4 Å². The third-order valence-corrected chi connectivity index (χ3v) is 4.60. The monoisotopic (exact) mass is 382 g/mol. The zero-order chi connectivity index (χ0) is 20.3. The van der Waals surface area contributed by atoms with Crippen LogP contribution >= 0.6 is 0 Å². The average Bonchev–Trinajstić information content (AvgIpc) is 3.01. The van der Waals surface area contributed by atoms with Crippen LogP contribution in [0.4, 0.5) is 5.69 Å². The highest BCUT2D eigenvalue weighted by atomic mass is 16.6. The van der Waals surface area contributed by atoms with Crippen molar-refractivity contribution in [3.05, 3.63) is 59.7 Å². The molecule has 0 fully saturated rings. The minimum absolute atomic E-state index is 0.00949. The van der Waals surface area contributed by atoms with Crippen molar-refractivity contribution in [2.75, 3.05) is 11.5 Å².